The Balaban J connectivity index is 2.12. The maximum atomic E-state index is 10.6. The van der Waals surface area contributed by atoms with Gasteiger partial charge in [0.25, 0.3) is 5.69 Å². The van der Waals surface area contributed by atoms with E-state index in [0.717, 1.165) is 0 Å². The Morgan fingerprint density at radius 1 is 1.53 bits per heavy atom. The first kappa shape index (κ1) is 13.5. The van der Waals surface area contributed by atoms with Crippen LogP contribution in [0.4, 0.5) is 5.69 Å². The molecule has 0 aliphatic heterocycles. The van der Waals surface area contributed by atoms with E-state index in [1.807, 2.05) is 0 Å². The molecule has 0 amide bonds. The molecule has 0 unspecified atom stereocenters. The van der Waals surface area contributed by atoms with Crippen LogP contribution in [0.15, 0.2) is 38.9 Å². The molecule has 8 heteroatoms. The number of thiazole rings is 1. The fourth-order valence-electron chi connectivity index (χ4n) is 1.33. The minimum Gasteiger partial charge on any atom is -0.481 e. The zero-order chi connectivity index (χ0) is 13.8. The van der Waals surface area contributed by atoms with Crippen molar-refractivity contribution in [3.05, 3.63) is 45.5 Å². The van der Waals surface area contributed by atoms with Gasteiger partial charge in [0, 0.05) is 22.4 Å². The molecule has 0 radical (unpaired) electrons. The molecule has 1 aromatic heterocycles. The predicted octanol–water partition coefficient (Wildman–Crippen LogP) is 2.83. The Bertz CT molecular complexity index is 627. The Hall–Kier alpha value is -1.93. The van der Waals surface area contributed by atoms with Gasteiger partial charge in [0.15, 0.2) is 4.34 Å². The summed E-state index contributed by atoms with van der Waals surface area (Å²) in [5, 5.41) is 21.0. The summed E-state index contributed by atoms with van der Waals surface area (Å²) in [7, 11) is 0. The zero-order valence-corrected chi connectivity index (χ0v) is 11.1. The summed E-state index contributed by atoms with van der Waals surface area (Å²) >= 11 is 2.60. The summed E-state index contributed by atoms with van der Waals surface area (Å²) in [5.74, 6) is -0.933. The van der Waals surface area contributed by atoms with Gasteiger partial charge in [0.05, 0.1) is 17.0 Å². The largest absolute Gasteiger partial charge is 0.481 e. The van der Waals surface area contributed by atoms with Gasteiger partial charge in [-0.2, -0.15) is 0 Å². The number of nitrogens with zero attached hydrogens (tertiary/aromatic N) is 2. The van der Waals surface area contributed by atoms with Crippen molar-refractivity contribution in [1.29, 1.82) is 0 Å². The number of carbonyl (C=O) groups is 1. The number of carboxylic acids is 1. The first-order chi connectivity index (χ1) is 9.04. The van der Waals surface area contributed by atoms with E-state index in [9.17, 15) is 14.9 Å². The van der Waals surface area contributed by atoms with E-state index in [-0.39, 0.29) is 12.1 Å². The van der Waals surface area contributed by atoms with Crippen LogP contribution in [-0.2, 0) is 11.2 Å². The molecular weight excluding hydrogens is 288 g/mol. The third kappa shape index (κ3) is 3.76. The molecule has 98 valence electrons. The second-order valence-corrected chi connectivity index (χ2v) is 5.71. The summed E-state index contributed by atoms with van der Waals surface area (Å²) in [5.41, 5.74) is 0.512. The number of nitro benzene ring substituents is 1. The van der Waals surface area contributed by atoms with Gasteiger partial charge in [-0.25, -0.2) is 4.98 Å². The van der Waals surface area contributed by atoms with Crippen molar-refractivity contribution >= 4 is 34.8 Å². The van der Waals surface area contributed by atoms with Crippen LogP contribution in [0.25, 0.3) is 0 Å². The van der Waals surface area contributed by atoms with E-state index in [1.165, 1.54) is 35.2 Å². The summed E-state index contributed by atoms with van der Waals surface area (Å²) < 4.78 is 0.664. The Morgan fingerprint density at radius 3 is 3.00 bits per heavy atom. The third-order valence-electron chi connectivity index (χ3n) is 2.10. The van der Waals surface area contributed by atoms with Gasteiger partial charge in [-0.05, 0) is 6.07 Å². The molecule has 0 fully saturated rings. The van der Waals surface area contributed by atoms with E-state index in [0.29, 0.717) is 14.9 Å². The van der Waals surface area contributed by atoms with Crippen molar-refractivity contribution in [2.45, 2.75) is 15.7 Å². The van der Waals surface area contributed by atoms with Crippen LogP contribution in [0.1, 0.15) is 5.69 Å². The van der Waals surface area contributed by atoms with Crippen LogP contribution in [0.2, 0.25) is 0 Å². The highest BCUT2D eigenvalue weighted by Gasteiger charge is 2.10. The normalized spacial score (nSPS) is 10.3. The quantitative estimate of drug-likeness (QED) is 0.673. The lowest BCUT2D eigenvalue weighted by Crippen LogP contribution is -1.99. The Labute approximate surface area is 116 Å². The molecule has 1 N–H and O–H groups in total. The lowest BCUT2D eigenvalue weighted by molar-refractivity contribution is -0.385. The van der Waals surface area contributed by atoms with Crippen molar-refractivity contribution in [3.8, 4) is 0 Å². The van der Waals surface area contributed by atoms with E-state index in [2.05, 4.69) is 4.98 Å². The van der Waals surface area contributed by atoms with Crippen molar-refractivity contribution in [3.63, 3.8) is 0 Å². The topological polar surface area (TPSA) is 93.3 Å². The average Bonchev–Trinajstić information content (AvgIpc) is 2.76. The molecule has 0 spiro atoms. The fraction of sp³-hybridized carbons (Fsp3) is 0.0909. The van der Waals surface area contributed by atoms with Crippen LogP contribution in [-0.4, -0.2) is 21.0 Å². The highest BCUT2D eigenvalue weighted by Crippen LogP contribution is 2.32. The molecule has 0 aliphatic rings. The second kappa shape index (κ2) is 5.81. The van der Waals surface area contributed by atoms with Gasteiger partial charge >= 0.3 is 5.97 Å². The summed E-state index contributed by atoms with van der Waals surface area (Å²) in [6, 6.07) is 6.23. The second-order valence-electron chi connectivity index (χ2n) is 3.53. The molecule has 19 heavy (non-hydrogen) atoms. The maximum absolute atomic E-state index is 10.6. The van der Waals surface area contributed by atoms with E-state index >= 15 is 0 Å². The van der Waals surface area contributed by atoms with Crippen LogP contribution >= 0.6 is 23.1 Å². The summed E-state index contributed by atoms with van der Waals surface area (Å²) in [6.45, 7) is 0. The number of hydrogen-bond donors (Lipinski definition) is 1. The highest BCUT2D eigenvalue weighted by molar-refractivity contribution is 8.01. The van der Waals surface area contributed by atoms with Crippen molar-refractivity contribution < 1.29 is 14.8 Å². The molecule has 2 aromatic rings. The summed E-state index contributed by atoms with van der Waals surface area (Å²) in [4.78, 5) is 25.6. The molecule has 1 heterocycles. The lowest BCUT2D eigenvalue weighted by atomic mass is 10.3. The van der Waals surface area contributed by atoms with Gasteiger partial charge in [0.1, 0.15) is 0 Å². The van der Waals surface area contributed by atoms with E-state index < -0.39 is 10.9 Å². The van der Waals surface area contributed by atoms with Crippen molar-refractivity contribution in [2.75, 3.05) is 0 Å². The first-order valence-electron chi connectivity index (χ1n) is 5.13. The standard InChI is InChI=1S/C11H8N2O4S2/c14-10(15)4-7-6-18-11(12-7)19-9-3-1-2-8(5-9)13(16)17/h1-3,5-6H,4H2,(H,14,15). The van der Waals surface area contributed by atoms with Crippen LogP contribution in [0, 0.1) is 10.1 Å². The number of hydrogen-bond acceptors (Lipinski definition) is 6. The lowest BCUT2D eigenvalue weighted by Gasteiger charge is -1.97. The average molecular weight is 296 g/mol. The minimum absolute atomic E-state index is 0.0207. The number of benzene rings is 1. The molecule has 2 rings (SSSR count). The van der Waals surface area contributed by atoms with Gasteiger partial charge in [-0.15, -0.1) is 11.3 Å². The van der Waals surface area contributed by atoms with Crippen molar-refractivity contribution in [1.82, 2.24) is 4.98 Å². The first-order valence-corrected chi connectivity index (χ1v) is 6.83. The van der Waals surface area contributed by atoms with E-state index in [1.54, 1.807) is 17.5 Å². The number of non-ortho nitro benzene ring substituents is 1. The molecule has 0 bridgehead atoms. The molecular formula is C11H8N2O4S2. The van der Waals surface area contributed by atoms with Crippen LogP contribution < -0.4 is 0 Å². The molecule has 6 nitrogen and oxygen atoms in total. The van der Waals surface area contributed by atoms with Gasteiger partial charge in [-0.1, -0.05) is 17.8 Å². The van der Waals surface area contributed by atoms with Gasteiger partial charge in [0.2, 0.25) is 0 Å². The zero-order valence-electron chi connectivity index (χ0n) is 9.48. The third-order valence-corrected chi connectivity index (χ3v) is 4.07. The van der Waals surface area contributed by atoms with E-state index in [4.69, 9.17) is 5.11 Å². The smallest absolute Gasteiger partial charge is 0.309 e. The molecule has 0 saturated carbocycles. The molecule has 0 saturated heterocycles. The van der Waals surface area contributed by atoms with Gasteiger partial charge < -0.3 is 5.11 Å². The Kier molecular flexibility index (Phi) is 4.13. The number of nitro groups is 1. The number of aliphatic carboxylic acids is 1. The number of rotatable bonds is 5. The highest BCUT2D eigenvalue weighted by atomic mass is 32.2. The van der Waals surface area contributed by atoms with Crippen molar-refractivity contribution in [2.24, 2.45) is 0 Å². The number of carboxylic acid groups (broad SMARTS) is 1. The van der Waals surface area contributed by atoms with Crippen LogP contribution in [0.3, 0.4) is 0 Å². The Morgan fingerprint density at radius 2 is 2.32 bits per heavy atom. The fourth-order valence-corrected chi connectivity index (χ4v) is 3.19. The number of aromatic nitrogens is 1. The SMILES string of the molecule is O=C(O)Cc1csc(Sc2cccc([N+](=O)[O-])c2)n1. The molecule has 0 atom stereocenters. The molecule has 0 aliphatic carbocycles. The maximum Gasteiger partial charge on any atom is 0.309 e. The predicted molar refractivity (Wildman–Crippen MR) is 70.7 cm³/mol. The van der Waals surface area contributed by atoms with Gasteiger partial charge in [-0.3, -0.25) is 14.9 Å². The monoisotopic (exact) mass is 296 g/mol. The minimum atomic E-state index is -0.933. The van der Waals surface area contributed by atoms with Crippen LogP contribution in [0.5, 0.6) is 0 Å². The summed E-state index contributed by atoms with van der Waals surface area (Å²) in [6.07, 6.45) is -0.119. The molecule has 1 aromatic carbocycles.